The Morgan fingerprint density at radius 2 is 1.77 bits per heavy atom. The van der Waals surface area contributed by atoms with Crippen LogP contribution in [0.1, 0.15) is 51.7 Å². The zero-order valence-electron chi connectivity index (χ0n) is 19.2. The average Bonchev–Trinajstić information content (AvgIpc) is 3.42. The maximum atomic E-state index is 13.7. The highest BCUT2D eigenvalue weighted by Crippen LogP contribution is 2.34. The second-order valence-corrected chi connectivity index (χ2v) is 8.51. The Morgan fingerprint density at radius 3 is 2.49 bits per heavy atom. The van der Waals surface area contributed by atoms with Crippen LogP contribution in [0.25, 0.3) is 0 Å². The lowest BCUT2D eigenvalue weighted by Crippen LogP contribution is -2.19. The van der Waals surface area contributed by atoms with Crippen LogP contribution in [0.5, 0.6) is 0 Å². The van der Waals surface area contributed by atoms with Crippen molar-refractivity contribution in [1.82, 2.24) is 9.78 Å². The summed E-state index contributed by atoms with van der Waals surface area (Å²) in [6.45, 7) is 1.57. The lowest BCUT2D eigenvalue weighted by molar-refractivity contribution is -0.146. The summed E-state index contributed by atoms with van der Waals surface area (Å²) in [7, 11) is 0. The van der Waals surface area contributed by atoms with Crippen LogP contribution in [-0.2, 0) is 46.4 Å². The number of rotatable bonds is 8. The lowest BCUT2D eigenvalue weighted by atomic mass is 10.0. The fourth-order valence-electron chi connectivity index (χ4n) is 4.37. The number of esters is 2. The van der Waals surface area contributed by atoms with E-state index in [0.29, 0.717) is 18.4 Å². The number of ether oxygens (including phenoxy) is 2. The molecule has 0 aliphatic heterocycles. The molecule has 1 atom stereocenters. The summed E-state index contributed by atoms with van der Waals surface area (Å²) in [4.78, 5) is 24.3. The van der Waals surface area contributed by atoms with Gasteiger partial charge in [0.25, 0.3) is 0 Å². The molecular weight excluding hydrogens is 461 g/mol. The zero-order valence-corrected chi connectivity index (χ0v) is 19.2. The highest BCUT2D eigenvalue weighted by Gasteiger charge is 2.40. The van der Waals surface area contributed by atoms with Crippen LogP contribution in [0.4, 0.5) is 13.2 Å². The fourth-order valence-corrected chi connectivity index (χ4v) is 4.37. The number of nitrogens with zero attached hydrogens (tertiary/aromatic N) is 2. The highest BCUT2D eigenvalue weighted by molar-refractivity contribution is 5.90. The van der Waals surface area contributed by atoms with E-state index in [9.17, 15) is 22.8 Å². The second kappa shape index (κ2) is 10.3. The van der Waals surface area contributed by atoms with Crippen molar-refractivity contribution in [2.75, 3.05) is 6.61 Å². The van der Waals surface area contributed by atoms with Crippen LogP contribution in [0.15, 0.2) is 54.7 Å². The summed E-state index contributed by atoms with van der Waals surface area (Å²) in [6.07, 6.45) is -2.25. The van der Waals surface area contributed by atoms with E-state index in [1.807, 2.05) is 42.5 Å². The second-order valence-electron chi connectivity index (χ2n) is 8.51. The molecule has 184 valence electrons. The van der Waals surface area contributed by atoms with Crippen molar-refractivity contribution in [3.8, 4) is 0 Å². The number of fused-ring (bicyclic) bond motifs is 1. The van der Waals surface area contributed by atoms with Gasteiger partial charge in [0.1, 0.15) is 12.2 Å². The van der Waals surface area contributed by atoms with E-state index >= 15 is 0 Å². The molecule has 1 aliphatic rings. The van der Waals surface area contributed by atoms with E-state index < -0.39 is 23.4 Å². The molecule has 4 rings (SSSR count). The number of hydrogen-bond donors (Lipinski definition) is 0. The third-order valence-electron chi connectivity index (χ3n) is 5.92. The van der Waals surface area contributed by atoms with E-state index in [1.165, 1.54) is 6.92 Å². The van der Waals surface area contributed by atoms with Gasteiger partial charge >= 0.3 is 18.1 Å². The van der Waals surface area contributed by atoms with Gasteiger partial charge in [0.2, 0.25) is 0 Å². The quantitative estimate of drug-likeness (QED) is 0.420. The molecule has 0 saturated heterocycles. The summed E-state index contributed by atoms with van der Waals surface area (Å²) >= 11 is 0. The van der Waals surface area contributed by atoms with Gasteiger partial charge in [-0.25, -0.2) is 4.79 Å². The minimum Gasteiger partial charge on any atom is -0.462 e. The summed E-state index contributed by atoms with van der Waals surface area (Å²) in [5, 5.41) is 3.81. The van der Waals surface area contributed by atoms with Crippen molar-refractivity contribution in [2.45, 2.75) is 45.5 Å². The molecule has 0 saturated carbocycles. The minimum absolute atomic E-state index is 0.0346. The maximum Gasteiger partial charge on any atom is 0.433 e. The Balaban J connectivity index is 1.41. The van der Waals surface area contributed by atoms with Crippen molar-refractivity contribution in [3.63, 3.8) is 0 Å². The zero-order chi connectivity index (χ0) is 25.0. The van der Waals surface area contributed by atoms with Gasteiger partial charge in [0.15, 0.2) is 5.69 Å². The number of alkyl halides is 3. The molecule has 2 aromatic carbocycles. The van der Waals surface area contributed by atoms with Crippen LogP contribution >= 0.6 is 0 Å². The smallest absolute Gasteiger partial charge is 0.433 e. The Morgan fingerprint density at radius 1 is 1.03 bits per heavy atom. The molecule has 1 aliphatic carbocycles. The molecule has 0 radical (unpaired) electrons. The number of carbonyl (C=O) groups excluding carboxylic acids is 2. The Labute approximate surface area is 200 Å². The predicted octanol–water partition coefficient (Wildman–Crippen LogP) is 4.98. The molecule has 6 nitrogen and oxygen atoms in total. The van der Waals surface area contributed by atoms with Crippen LogP contribution in [0.2, 0.25) is 0 Å². The van der Waals surface area contributed by atoms with Crippen LogP contribution in [-0.4, -0.2) is 28.3 Å². The highest BCUT2D eigenvalue weighted by atomic mass is 19.4. The van der Waals surface area contributed by atoms with Crippen molar-refractivity contribution < 1.29 is 32.2 Å². The number of halogens is 3. The molecule has 35 heavy (non-hydrogen) atoms. The summed E-state index contributed by atoms with van der Waals surface area (Å²) in [5.74, 6) is -1.25. The lowest BCUT2D eigenvalue weighted by Gasteiger charge is -2.13. The molecule has 0 amide bonds. The average molecular weight is 486 g/mol. The van der Waals surface area contributed by atoms with Crippen molar-refractivity contribution in [1.29, 1.82) is 0 Å². The van der Waals surface area contributed by atoms with E-state index in [0.717, 1.165) is 27.6 Å². The third kappa shape index (κ3) is 5.90. The van der Waals surface area contributed by atoms with Gasteiger partial charge < -0.3 is 9.47 Å². The van der Waals surface area contributed by atoms with E-state index in [4.69, 9.17) is 9.47 Å². The summed E-state index contributed by atoms with van der Waals surface area (Å²) < 4.78 is 52.0. The van der Waals surface area contributed by atoms with Crippen molar-refractivity contribution in [2.24, 2.45) is 5.92 Å². The van der Waals surface area contributed by atoms with Gasteiger partial charge in [-0.2, -0.15) is 18.3 Å². The molecule has 1 aromatic heterocycles. The van der Waals surface area contributed by atoms with Crippen LogP contribution in [0, 0.1) is 5.92 Å². The van der Waals surface area contributed by atoms with Gasteiger partial charge in [-0.3, -0.25) is 9.48 Å². The van der Waals surface area contributed by atoms with Gasteiger partial charge in [-0.15, -0.1) is 0 Å². The predicted molar refractivity (Wildman–Crippen MR) is 120 cm³/mol. The molecular formula is C26H25F3N2O4. The molecule has 9 heteroatoms. The Bertz CT molecular complexity index is 1210. The number of carbonyl (C=O) groups is 2. The SMILES string of the molecule is CCOC(=O)c1cnn(Cc2ccc3c(c2)C[C@@H](CC(=O)OCc2ccccc2)C3)c1C(F)(F)F. The molecule has 1 heterocycles. The molecule has 0 N–H and O–H groups in total. The van der Waals surface area contributed by atoms with Crippen molar-refractivity contribution >= 4 is 11.9 Å². The molecule has 0 unspecified atom stereocenters. The third-order valence-corrected chi connectivity index (χ3v) is 5.92. The first-order valence-electron chi connectivity index (χ1n) is 11.3. The largest absolute Gasteiger partial charge is 0.462 e. The minimum atomic E-state index is -4.76. The van der Waals surface area contributed by atoms with E-state index in [1.54, 1.807) is 6.07 Å². The van der Waals surface area contributed by atoms with Gasteiger partial charge in [0, 0.05) is 6.42 Å². The van der Waals surface area contributed by atoms with Crippen LogP contribution < -0.4 is 0 Å². The molecule has 3 aromatic rings. The van der Waals surface area contributed by atoms with Crippen molar-refractivity contribution in [3.05, 3.63) is 88.2 Å². The Kier molecular flexibility index (Phi) is 7.23. The van der Waals surface area contributed by atoms with Gasteiger partial charge in [0.05, 0.1) is 19.3 Å². The maximum absolute atomic E-state index is 13.7. The number of hydrogen-bond acceptors (Lipinski definition) is 5. The Hall–Kier alpha value is -3.62. The van der Waals surface area contributed by atoms with Gasteiger partial charge in [-0.1, -0.05) is 48.5 Å². The normalized spacial score (nSPS) is 15.0. The standard InChI is InChI=1S/C26H25F3N2O4/c1-2-34-25(33)22-14-30-31(24(22)26(27,28)29)15-18-8-9-20-11-19(12-21(20)10-18)13-23(32)35-16-17-6-4-3-5-7-17/h3-10,14,19H,2,11-13,15-16H2,1H3/t19-/m0/s1. The molecule has 0 spiro atoms. The first-order chi connectivity index (χ1) is 16.7. The van der Waals surface area contributed by atoms with Crippen LogP contribution in [0.3, 0.4) is 0 Å². The van der Waals surface area contributed by atoms with Gasteiger partial charge in [-0.05, 0) is 47.9 Å². The molecule has 0 fully saturated rings. The van der Waals surface area contributed by atoms with E-state index in [2.05, 4.69) is 5.10 Å². The topological polar surface area (TPSA) is 70.4 Å². The fraction of sp³-hybridized carbons (Fsp3) is 0.346. The molecule has 0 bridgehead atoms. The number of benzene rings is 2. The van der Waals surface area contributed by atoms with E-state index in [-0.39, 0.29) is 38.1 Å². The number of aromatic nitrogens is 2. The first kappa shape index (κ1) is 24.5. The first-order valence-corrected chi connectivity index (χ1v) is 11.3. The monoisotopic (exact) mass is 486 g/mol. The summed E-state index contributed by atoms with van der Waals surface area (Å²) in [5.41, 5.74) is 1.88. The summed E-state index contributed by atoms with van der Waals surface area (Å²) in [6, 6.07) is 14.9.